The molecule has 1 fully saturated rings. The Morgan fingerprint density at radius 2 is 1.92 bits per heavy atom. The first-order valence-corrected chi connectivity index (χ1v) is 8.02. The van der Waals surface area contributed by atoms with Gasteiger partial charge in [-0.3, -0.25) is 9.59 Å². The summed E-state index contributed by atoms with van der Waals surface area (Å²) in [5.41, 5.74) is 2.02. The highest BCUT2D eigenvalue weighted by molar-refractivity contribution is 6.04. The number of benzene rings is 1. The number of aryl methyl sites for hydroxylation is 1. The van der Waals surface area contributed by atoms with E-state index in [1.165, 1.54) is 0 Å². The first-order valence-electron chi connectivity index (χ1n) is 8.02. The van der Waals surface area contributed by atoms with Crippen molar-refractivity contribution in [2.24, 2.45) is 0 Å². The SMILES string of the molecule is COc1cc(OC)cc(N2CCC(NC(=O)c3cc[nH]c3C)C2=O)c1. The summed E-state index contributed by atoms with van der Waals surface area (Å²) in [4.78, 5) is 29.6. The number of nitrogens with one attached hydrogen (secondary N) is 2. The van der Waals surface area contributed by atoms with Crippen LogP contribution >= 0.6 is 0 Å². The molecule has 1 aliphatic rings. The Kier molecular flexibility index (Phi) is 4.65. The molecular formula is C18H21N3O4. The third-order valence-electron chi connectivity index (χ3n) is 4.36. The highest BCUT2D eigenvalue weighted by atomic mass is 16.5. The van der Waals surface area contributed by atoms with E-state index in [1.807, 2.05) is 6.92 Å². The van der Waals surface area contributed by atoms with Crippen molar-refractivity contribution in [1.82, 2.24) is 10.3 Å². The minimum atomic E-state index is -0.543. The Balaban J connectivity index is 1.76. The van der Waals surface area contributed by atoms with Crippen molar-refractivity contribution < 1.29 is 19.1 Å². The maximum Gasteiger partial charge on any atom is 0.253 e. The molecule has 2 N–H and O–H groups in total. The van der Waals surface area contributed by atoms with Crippen molar-refractivity contribution in [3.8, 4) is 11.5 Å². The van der Waals surface area contributed by atoms with E-state index in [4.69, 9.17) is 9.47 Å². The van der Waals surface area contributed by atoms with Crippen LogP contribution in [-0.4, -0.2) is 43.6 Å². The molecule has 7 heteroatoms. The van der Waals surface area contributed by atoms with E-state index in [1.54, 1.807) is 49.6 Å². The second kappa shape index (κ2) is 6.88. The Labute approximate surface area is 145 Å². The number of anilines is 1. The number of amides is 2. The van der Waals surface area contributed by atoms with Gasteiger partial charge in [0.05, 0.1) is 25.5 Å². The van der Waals surface area contributed by atoms with Crippen molar-refractivity contribution >= 4 is 17.5 Å². The van der Waals surface area contributed by atoms with Crippen LogP contribution in [0.4, 0.5) is 5.69 Å². The number of aromatic nitrogens is 1. The van der Waals surface area contributed by atoms with Gasteiger partial charge in [0, 0.05) is 36.6 Å². The number of aromatic amines is 1. The zero-order valence-electron chi connectivity index (χ0n) is 14.5. The van der Waals surface area contributed by atoms with Crippen LogP contribution in [0, 0.1) is 6.92 Å². The maximum atomic E-state index is 12.7. The number of hydrogen-bond donors (Lipinski definition) is 2. The summed E-state index contributed by atoms with van der Waals surface area (Å²) >= 11 is 0. The van der Waals surface area contributed by atoms with E-state index in [0.29, 0.717) is 35.7 Å². The van der Waals surface area contributed by atoms with Gasteiger partial charge in [-0.25, -0.2) is 0 Å². The van der Waals surface area contributed by atoms with Crippen LogP contribution in [0.1, 0.15) is 22.5 Å². The smallest absolute Gasteiger partial charge is 0.253 e. The number of methoxy groups -OCH3 is 2. The van der Waals surface area contributed by atoms with Crippen LogP contribution in [0.3, 0.4) is 0 Å². The summed E-state index contributed by atoms with van der Waals surface area (Å²) in [5, 5.41) is 2.82. The fourth-order valence-electron chi connectivity index (χ4n) is 2.95. The summed E-state index contributed by atoms with van der Waals surface area (Å²) in [6.07, 6.45) is 2.25. The Hall–Kier alpha value is -2.96. The molecule has 0 bridgehead atoms. The molecule has 1 atom stereocenters. The topological polar surface area (TPSA) is 83.7 Å². The molecule has 0 spiro atoms. The van der Waals surface area contributed by atoms with Crippen molar-refractivity contribution in [3.63, 3.8) is 0 Å². The Morgan fingerprint density at radius 3 is 2.48 bits per heavy atom. The predicted molar refractivity (Wildman–Crippen MR) is 93.3 cm³/mol. The van der Waals surface area contributed by atoms with Crippen LogP contribution < -0.4 is 19.7 Å². The molecule has 2 heterocycles. The van der Waals surface area contributed by atoms with Crippen LogP contribution in [0.25, 0.3) is 0 Å². The average Bonchev–Trinajstić information content (AvgIpc) is 3.20. The quantitative estimate of drug-likeness (QED) is 0.868. The van der Waals surface area contributed by atoms with Gasteiger partial charge in [0.25, 0.3) is 5.91 Å². The standard InChI is InChI=1S/C18H21N3O4/c1-11-15(4-6-19-11)17(22)20-16-5-7-21(18(16)23)12-8-13(24-2)10-14(9-12)25-3/h4,6,8-10,16,19H,5,7H2,1-3H3,(H,20,22). The fraction of sp³-hybridized carbons (Fsp3) is 0.333. The van der Waals surface area contributed by atoms with Crippen LogP contribution in [0.15, 0.2) is 30.5 Å². The third-order valence-corrected chi connectivity index (χ3v) is 4.36. The monoisotopic (exact) mass is 343 g/mol. The molecule has 25 heavy (non-hydrogen) atoms. The lowest BCUT2D eigenvalue weighted by atomic mass is 10.2. The van der Waals surface area contributed by atoms with Crippen molar-refractivity contribution in [2.75, 3.05) is 25.7 Å². The van der Waals surface area contributed by atoms with Gasteiger partial charge in [-0.1, -0.05) is 0 Å². The lowest BCUT2D eigenvalue weighted by molar-refractivity contribution is -0.118. The molecule has 1 aromatic carbocycles. The average molecular weight is 343 g/mol. The van der Waals surface area contributed by atoms with E-state index in [-0.39, 0.29) is 11.8 Å². The molecule has 3 rings (SSSR count). The molecule has 7 nitrogen and oxygen atoms in total. The number of carbonyl (C=O) groups is 2. The van der Waals surface area contributed by atoms with E-state index in [9.17, 15) is 9.59 Å². The summed E-state index contributed by atoms with van der Waals surface area (Å²) in [7, 11) is 3.12. The second-order valence-corrected chi connectivity index (χ2v) is 5.89. The van der Waals surface area contributed by atoms with Gasteiger partial charge in [0.1, 0.15) is 17.5 Å². The number of carbonyl (C=O) groups excluding carboxylic acids is 2. The summed E-state index contributed by atoms with van der Waals surface area (Å²) in [5.74, 6) is 0.828. The van der Waals surface area contributed by atoms with Gasteiger partial charge in [0.15, 0.2) is 0 Å². The molecule has 1 saturated heterocycles. The molecule has 2 aromatic rings. The first kappa shape index (κ1) is 16.9. The number of H-pyrrole nitrogens is 1. The highest BCUT2D eigenvalue weighted by Crippen LogP contribution is 2.31. The first-order chi connectivity index (χ1) is 12.0. The zero-order chi connectivity index (χ0) is 18.0. The molecule has 132 valence electrons. The maximum absolute atomic E-state index is 12.7. The lowest BCUT2D eigenvalue weighted by Gasteiger charge is -2.19. The normalized spacial score (nSPS) is 16.8. The largest absolute Gasteiger partial charge is 0.497 e. The molecule has 0 aliphatic carbocycles. The van der Waals surface area contributed by atoms with Gasteiger partial charge in [-0.05, 0) is 19.4 Å². The summed E-state index contributed by atoms with van der Waals surface area (Å²) < 4.78 is 10.5. The van der Waals surface area contributed by atoms with E-state index >= 15 is 0 Å². The Morgan fingerprint density at radius 1 is 1.24 bits per heavy atom. The zero-order valence-corrected chi connectivity index (χ0v) is 14.5. The molecule has 0 radical (unpaired) electrons. The minimum absolute atomic E-state index is 0.142. The van der Waals surface area contributed by atoms with E-state index in [0.717, 1.165) is 5.69 Å². The van der Waals surface area contributed by atoms with Gasteiger partial charge < -0.3 is 24.7 Å². The Bertz CT molecular complexity index is 777. The molecule has 0 saturated carbocycles. The summed E-state index contributed by atoms with van der Waals surface area (Å²) in [6, 6.07) is 6.47. The van der Waals surface area contributed by atoms with Crippen LogP contribution in [0.5, 0.6) is 11.5 Å². The highest BCUT2D eigenvalue weighted by Gasteiger charge is 2.34. The third kappa shape index (κ3) is 3.31. The second-order valence-electron chi connectivity index (χ2n) is 5.89. The lowest BCUT2D eigenvalue weighted by Crippen LogP contribution is -2.41. The number of rotatable bonds is 5. The number of nitrogens with zero attached hydrogens (tertiary/aromatic N) is 1. The van der Waals surface area contributed by atoms with Crippen molar-refractivity contribution in [2.45, 2.75) is 19.4 Å². The predicted octanol–water partition coefficient (Wildman–Crippen LogP) is 1.88. The molecule has 1 aromatic heterocycles. The van der Waals surface area contributed by atoms with Crippen molar-refractivity contribution in [1.29, 1.82) is 0 Å². The fourth-order valence-corrected chi connectivity index (χ4v) is 2.95. The molecule has 1 unspecified atom stereocenters. The number of hydrogen-bond acceptors (Lipinski definition) is 4. The van der Waals surface area contributed by atoms with Crippen LogP contribution in [-0.2, 0) is 4.79 Å². The van der Waals surface area contributed by atoms with Crippen LogP contribution in [0.2, 0.25) is 0 Å². The molecular weight excluding hydrogens is 322 g/mol. The van der Waals surface area contributed by atoms with Gasteiger partial charge >= 0.3 is 0 Å². The van der Waals surface area contributed by atoms with Gasteiger partial charge in [-0.15, -0.1) is 0 Å². The van der Waals surface area contributed by atoms with Gasteiger partial charge in [-0.2, -0.15) is 0 Å². The van der Waals surface area contributed by atoms with E-state index < -0.39 is 6.04 Å². The molecule has 1 aliphatic heterocycles. The van der Waals surface area contributed by atoms with E-state index in [2.05, 4.69) is 10.3 Å². The number of ether oxygens (including phenoxy) is 2. The molecule has 2 amide bonds. The minimum Gasteiger partial charge on any atom is -0.497 e. The van der Waals surface area contributed by atoms with Crippen molar-refractivity contribution in [3.05, 3.63) is 41.7 Å². The van der Waals surface area contributed by atoms with Gasteiger partial charge in [0.2, 0.25) is 5.91 Å². The summed E-state index contributed by atoms with van der Waals surface area (Å²) in [6.45, 7) is 2.34.